The molecular weight excluding hydrogens is 230 g/mol. The highest BCUT2D eigenvalue weighted by Crippen LogP contribution is 2.23. The van der Waals surface area contributed by atoms with Gasteiger partial charge in [-0.05, 0) is 24.5 Å². The summed E-state index contributed by atoms with van der Waals surface area (Å²) >= 11 is 0. The number of nitrogens with zero attached hydrogens (tertiary/aromatic N) is 1. The van der Waals surface area contributed by atoms with Gasteiger partial charge in [0.1, 0.15) is 12.4 Å². The van der Waals surface area contributed by atoms with Crippen LogP contribution in [0.15, 0.2) is 24.3 Å². The van der Waals surface area contributed by atoms with Crippen LogP contribution in [0.3, 0.4) is 0 Å². The van der Waals surface area contributed by atoms with Crippen molar-refractivity contribution in [1.29, 1.82) is 0 Å². The van der Waals surface area contributed by atoms with Crippen LogP contribution in [0, 0.1) is 0 Å². The quantitative estimate of drug-likeness (QED) is 0.805. The molecule has 0 spiro atoms. The highest BCUT2D eigenvalue weighted by Gasteiger charge is 2.31. The van der Waals surface area contributed by atoms with Crippen molar-refractivity contribution in [3.05, 3.63) is 29.8 Å². The first-order chi connectivity index (χ1) is 8.72. The Hall–Kier alpha value is -1.71. The predicted octanol–water partition coefficient (Wildman–Crippen LogP) is 2.82. The first-order valence-electron chi connectivity index (χ1n) is 6.36. The van der Waals surface area contributed by atoms with Gasteiger partial charge in [-0.15, -0.1) is 0 Å². The van der Waals surface area contributed by atoms with Crippen LogP contribution in [-0.2, 0) is 11.2 Å². The fourth-order valence-electron chi connectivity index (χ4n) is 1.93. The molecule has 1 amide bonds. The SMILES string of the molecule is CCCCc1ccccc1OC1COC(=O)N1C. The molecule has 1 heterocycles. The van der Waals surface area contributed by atoms with Crippen molar-refractivity contribution in [3.8, 4) is 5.75 Å². The largest absolute Gasteiger partial charge is 0.466 e. The number of cyclic esters (lactones) is 1. The number of aryl methyl sites for hydroxylation is 1. The van der Waals surface area contributed by atoms with Gasteiger partial charge in [0.15, 0.2) is 0 Å². The summed E-state index contributed by atoms with van der Waals surface area (Å²) in [5.74, 6) is 0.848. The van der Waals surface area contributed by atoms with Crippen LogP contribution >= 0.6 is 0 Å². The summed E-state index contributed by atoms with van der Waals surface area (Å²) in [4.78, 5) is 12.7. The molecule has 1 saturated heterocycles. The summed E-state index contributed by atoms with van der Waals surface area (Å²) in [6, 6.07) is 7.98. The second kappa shape index (κ2) is 5.76. The molecular formula is C14H19NO3. The Kier molecular flexibility index (Phi) is 4.07. The van der Waals surface area contributed by atoms with Crippen LogP contribution in [0.5, 0.6) is 5.75 Å². The van der Waals surface area contributed by atoms with E-state index < -0.39 is 0 Å². The Morgan fingerprint density at radius 3 is 2.89 bits per heavy atom. The van der Waals surface area contributed by atoms with Crippen LogP contribution in [-0.4, -0.2) is 30.9 Å². The van der Waals surface area contributed by atoms with Gasteiger partial charge in [0.2, 0.25) is 6.23 Å². The fraction of sp³-hybridized carbons (Fsp3) is 0.500. The Morgan fingerprint density at radius 1 is 1.44 bits per heavy atom. The summed E-state index contributed by atoms with van der Waals surface area (Å²) in [5, 5.41) is 0. The number of likely N-dealkylation sites (N-methyl/N-ethyl adjacent to an activating group) is 1. The summed E-state index contributed by atoms with van der Waals surface area (Å²) in [7, 11) is 1.69. The number of rotatable bonds is 5. The van der Waals surface area contributed by atoms with E-state index >= 15 is 0 Å². The number of hydrogen-bond donors (Lipinski definition) is 0. The molecule has 0 radical (unpaired) electrons. The van der Waals surface area contributed by atoms with Crippen molar-refractivity contribution in [3.63, 3.8) is 0 Å². The minimum atomic E-state index is -0.328. The second-order valence-corrected chi connectivity index (χ2v) is 4.47. The number of carbonyl (C=O) groups excluding carboxylic acids is 1. The number of unbranched alkanes of at least 4 members (excludes halogenated alkanes) is 1. The predicted molar refractivity (Wildman–Crippen MR) is 68.6 cm³/mol. The molecule has 4 nitrogen and oxygen atoms in total. The Bertz CT molecular complexity index is 419. The molecule has 0 aliphatic carbocycles. The van der Waals surface area contributed by atoms with Gasteiger partial charge in [0.25, 0.3) is 0 Å². The van der Waals surface area contributed by atoms with Gasteiger partial charge in [0.05, 0.1) is 0 Å². The lowest BCUT2D eigenvalue weighted by Gasteiger charge is -2.19. The number of carbonyl (C=O) groups is 1. The van der Waals surface area contributed by atoms with E-state index in [4.69, 9.17) is 9.47 Å². The van der Waals surface area contributed by atoms with Gasteiger partial charge in [-0.1, -0.05) is 31.5 Å². The highest BCUT2D eigenvalue weighted by atomic mass is 16.6. The molecule has 1 fully saturated rings. The maximum Gasteiger partial charge on any atom is 0.412 e. The molecule has 1 aromatic rings. The van der Waals surface area contributed by atoms with E-state index in [0.717, 1.165) is 25.0 Å². The summed E-state index contributed by atoms with van der Waals surface area (Å²) in [6.07, 6.45) is 2.64. The number of para-hydroxylation sites is 1. The van der Waals surface area contributed by atoms with Crippen LogP contribution in [0.2, 0.25) is 0 Å². The van der Waals surface area contributed by atoms with E-state index in [1.165, 1.54) is 10.5 Å². The molecule has 4 heteroatoms. The third-order valence-corrected chi connectivity index (χ3v) is 3.10. The lowest BCUT2D eigenvalue weighted by Crippen LogP contribution is -2.34. The van der Waals surface area contributed by atoms with Gasteiger partial charge < -0.3 is 9.47 Å². The number of amides is 1. The molecule has 1 aliphatic heterocycles. The van der Waals surface area contributed by atoms with E-state index in [1.54, 1.807) is 7.05 Å². The maximum atomic E-state index is 11.3. The van der Waals surface area contributed by atoms with Crippen LogP contribution in [0.4, 0.5) is 4.79 Å². The van der Waals surface area contributed by atoms with Crippen molar-refractivity contribution < 1.29 is 14.3 Å². The summed E-state index contributed by atoms with van der Waals surface area (Å²) < 4.78 is 10.8. The number of ether oxygens (including phenoxy) is 2. The fourth-order valence-corrected chi connectivity index (χ4v) is 1.93. The van der Waals surface area contributed by atoms with Crippen LogP contribution in [0.25, 0.3) is 0 Å². The molecule has 0 bridgehead atoms. The minimum absolute atomic E-state index is 0.289. The smallest absolute Gasteiger partial charge is 0.412 e. The normalized spacial score (nSPS) is 18.9. The van der Waals surface area contributed by atoms with Gasteiger partial charge in [-0.3, -0.25) is 4.90 Å². The molecule has 0 saturated carbocycles. The molecule has 1 aromatic carbocycles. The van der Waals surface area contributed by atoms with Gasteiger partial charge >= 0.3 is 6.09 Å². The Morgan fingerprint density at radius 2 is 2.22 bits per heavy atom. The second-order valence-electron chi connectivity index (χ2n) is 4.47. The van der Waals surface area contributed by atoms with Crippen molar-refractivity contribution in [2.45, 2.75) is 32.4 Å². The van der Waals surface area contributed by atoms with Crippen LogP contribution in [0.1, 0.15) is 25.3 Å². The Balaban J connectivity index is 2.06. The van der Waals surface area contributed by atoms with Crippen LogP contribution < -0.4 is 4.74 Å². The van der Waals surface area contributed by atoms with Crippen molar-refractivity contribution in [2.24, 2.45) is 0 Å². The molecule has 0 aromatic heterocycles. The standard InChI is InChI=1S/C14H19NO3/c1-3-4-7-11-8-5-6-9-12(11)18-13-10-17-14(16)15(13)2/h5-6,8-9,13H,3-4,7,10H2,1-2H3. The van der Waals surface area contributed by atoms with E-state index in [9.17, 15) is 4.79 Å². The lowest BCUT2D eigenvalue weighted by molar-refractivity contribution is 0.0969. The van der Waals surface area contributed by atoms with Crippen molar-refractivity contribution in [1.82, 2.24) is 4.90 Å². The molecule has 2 rings (SSSR count). The Labute approximate surface area is 107 Å². The van der Waals surface area contributed by atoms with Crippen molar-refractivity contribution >= 4 is 6.09 Å². The average Bonchev–Trinajstić information content (AvgIpc) is 2.70. The highest BCUT2D eigenvalue weighted by molar-refractivity contribution is 5.69. The van der Waals surface area contributed by atoms with E-state index in [2.05, 4.69) is 13.0 Å². The third kappa shape index (κ3) is 2.75. The molecule has 1 atom stereocenters. The molecule has 1 unspecified atom stereocenters. The monoisotopic (exact) mass is 249 g/mol. The maximum absolute atomic E-state index is 11.3. The van der Waals surface area contributed by atoms with Gasteiger partial charge in [0, 0.05) is 7.05 Å². The molecule has 18 heavy (non-hydrogen) atoms. The van der Waals surface area contributed by atoms with E-state index in [-0.39, 0.29) is 18.9 Å². The number of hydrogen-bond acceptors (Lipinski definition) is 3. The van der Waals surface area contributed by atoms with Gasteiger partial charge in [-0.25, -0.2) is 4.79 Å². The first-order valence-corrected chi connectivity index (χ1v) is 6.36. The van der Waals surface area contributed by atoms with E-state index in [1.807, 2.05) is 18.2 Å². The summed E-state index contributed by atoms with van der Waals surface area (Å²) in [6.45, 7) is 2.46. The topological polar surface area (TPSA) is 38.8 Å². The first kappa shape index (κ1) is 12.7. The summed E-state index contributed by atoms with van der Waals surface area (Å²) in [5.41, 5.74) is 1.19. The lowest BCUT2D eigenvalue weighted by atomic mass is 10.1. The zero-order valence-electron chi connectivity index (χ0n) is 10.9. The molecule has 1 aliphatic rings. The van der Waals surface area contributed by atoms with Crippen molar-refractivity contribution in [2.75, 3.05) is 13.7 Å². The zero-order chi connectivity index (χ0) is 13.0. The molecule has 98 valence electrons. The van der Waals surface area contributed by atoms with E-state index in [0.29, 0.717) is 0 Å². The van der Waals surface area contributed by atoms with Gasteiger partial charge in [-0.2, -0.15) is 0 Å². The molecule has 0 N–H and O–H groups in total. The third-order valence-electron chi connectivity index (χ3n) is 3.10. The minimum Gasteiger partial charge on any atom is -0.466 e. The zero-order valence-corrected chi connectivity index (χ0v) is 10.9. The average molecular weight is 249 g/mol. The number of benzene rings is 1.